The summed E-state index contributed by atoms with van der Waals surface area (Å²) in [5, 5.41) is 4.50. The molecule has 1 heterocycles. The predicted octanol–water partition coefficient (Wildman–Crippen LogP) is 6.21. The molecule has 0 bridgehead atoms. The number of benzene rings is 2. The maximum absolute atomic E-state index is 11.2. The molecule has 1 N–H and O–H groups in total. The molecule has 1 saturated heterocycles. The van der Waals surface area contributed by atoms with Crippen LogP contribution in [0.3, 0.4) is 0 Å². The van der Waals surface area contributed by atoms with E-state index in [-0.39, 0.29) is 11.9 Å². The molecule has 1 aliphatic rings. The van der Waals surface area contributed by atoms with Crippen LogP contribution < -0.4 is 5.32 Å². The number of carbonyl (C=O) groups excluding carboxylic acids is 1. The highest BCUT2D eigenvalue weighted by Crippen LogP contribution is 2.24. The molecule has 1 aliphatic heterocycles. The Labute approximate surface area is 154 Å². The molecule has 3 rings (SSSR count). The highest BCUT2D eigenvalue weighted by atomic mass is 35.5. The minimum Gasteiger partial charge on any atom is -0.349 e. The van der Waals surface area contributed by atoms with Gasteiger partial charge in [0.2, 0.25) is 5.91 Å². The lowest BCUT2D eigenvalue weighted by Gasteiger charge is -2.23. The second kappa shape index (κ2) is 11.7. The molecule has 1 unspecified atom stereocenters. The van der Waals surface area contributed by atoms with Crippen LogP contribution in [0.4, 0.5) is 0 Å². The molecule has 4 heteroatoms. The third kappa shape index (κ3) is 8.19. The summed E-state index contributed by atoms with van der Waals surface area (Å²) >= 11 is 11.3. The van der Waals surface area contributed by atoms with Gasteiger partial charge in [-0.1, -0.05) is 59.6 Å². The zero-order chi connectivity index (χ0) is 17.8. The number of amides is 1. The van der Waals surface area contributed by atoms with E-state index in [1.165, 1.54) is 0 Å². The number of allylic oxidation sites excluding steroid dienone is 1. The van der Waals surface area contributed by atoms with E-state index < -0.39 is 0 Å². The Bertz CT molecular complexity index is 611. The molecule has 2 aromatic rings. The number of hydrogen-bond donors (Lipinski definition) is 1. The van der Waals surface area contributed by atoms with E-state index in [0.717, 1.165) is 28.5 Å². The molecule has 0 radical (unpaired) electrons. The van der Waals surface area contributed by atoms with Crippen molar-refractivity contribution in [2.75, 3.05) is 0 Å². The zero-order valence-corrected chi connectivity index (χ0v) is 15.4. The number of nitrogens with one attached hydrogen (secondary N) is 1. The van der Waals surface area contributed by atoms with Crippen molar-refractivity contribution in [3.63, 3.8) is 0 Å². The number of carbonyl (C=O) groups is 1. The minimum absolute atomic E-state index is 0.149. The average Bonchev–Trinajstić information content (AvgIpc) is 2.57. The normalized spacial score (nSPS) is 15.8. The first kappa shape index (κ1) is 20.3. The maximum atomic E-state index is 11.2. The Morgan fingerprint density at radius 1 is 1.04 bits per heavy atom. The Balaban J connectivity index is 0.000000241. The van der Waals surface area contributed by atoms with Gasteiger partial charge < -0.3 is 5.32 Å². The van der Waals surface area contributed by atoms with Gasteiger partial charge in [-0.3, -0.25) is 4.79 Å². The van der Waals surface area contributed by atoms with Crippen LogP contribution in [0.15, 0.2) is 67.3 Å². The van der Waals surface area contributed by atoms with E-state index >= 15 is 0 Å². The fourth-order valence-electron chi connectivity index (χ4n) is 2.17. The minimum atomic E-state index is 0.149. The first-order chi connectivity index (χ1) is 11.6. The number of rotatable bonds is 1. The van der Waals surface area contributed by atoms with Crippen molar-refractivity contribution in [1.29, 1.82) is 0 Å². The molecule has 0 aromatic heterocycles. The first-order valence-corrected chi connectivity index (χ1v) is 8.64. The quantitative estimate of drug-likeness (QED) is 0.599. The predicted molar refractivity (Wildman–Crippen MR) is 104 cm³/mol. The Morgan fingerprint density at radius 3 is 2.04 bits per heavy atom. The molecule has 24 heavy (non-hydrogen) atoms. The van der Waals surface area contributed by atoms with Crippen LogP contribution >= 0.6 is 23.2 Å². The van der Waals surface area contributed by atoms with E-state index in [1.54, 1.807) is 6.08 Å². The van der Waals surface area contributed by atoms with Gasteiger partial charge in [-0.05, 0) is 49.6 Å². The SMILES string of the molecule is C=CC.Clc1ccccc1.O=C1CCCC(c2ccc(Cl)cc2)N1. The summed E-state index contributed by atoms with van der Waals surface area (Å²) < 4.78 is 0. The summed E-state index contributed by atoms with van der Waals surface area (Å²) in [6.45, 7) is 5.25. The van der Waals surface area contributed by atoms with Gasteiger partial charge in [0, 0.05) is 16.5 Å². The van der Waals surface area contributed by atoms with Gasteiger partial charge in [0.15, 0.2) is 0 Å². The van der Waals surface area contributed by atoms with Crippen LogP contribution in [0.2, 0.25) is 10.0 Å². The van der Waals surface area contributed by atoms with Crippen LogP contribution in [0.5, 0.6) is 0 Å². The van der Waals surface area contributed by atoms with Crippen molar-refractivity contribution in [1.82, 2.24) is 5.32 Å². The lowest BCUT2D eigenvalue weighted by atomic mass is 9.97. The summed E-state index contributed by atoms with van der Waals surface area (Å²) in [6.07, 6.45) is 4.40. The molecule has 0 spiro atoms. The van der Waals surface area contributed by atoms with Gasteiger partial charge in [-0.25, -0.2) is 0 Å². The molecule has 0 saturated carbocycles. The van der Waals surface area contributed by atoms with Gasteiger partial charge in [0.1, 0.15) is 0 Å². The van der Waals surface area contributed by atoms with Crippen LogP contribution in [-0.4, -0.2) is 5.91 Å². The average molecular weight is 364 g/mol. The molecule has 128 valence electrons. The van der Waals surface area contributed by atoms with Gasteiger partial charge in [0.25, 0.3) is 0 Å². The molecule has 2 nitrogen and oxygen atoms in total. The summed E-state index contributed by atoms with van der Waals surface area (Å²) in [5.41, 5.74) is 1.14. The fraction of sp³-hybridized carbons (Fsp3) is 0.250. The second-order valence-corrected chi connectivity index (χ2v) is 6.14. The third-order valence-corrected chi connectivity index (χ3v) is 3.74. The highest BCUT2D eigenvalue weighted by molar-refractivity contribution is 6.30. The van der Waals surface area contributed by atoms with Crippen LogP contribution in [0, 0.1) is 0 Å². The Hall–Kier alpha value is -1.77. The smallest absolute Gasteiger partial charge is 0.220 e. The van der Waals surface area contributed by atoms with Crippen LogP contribution in [0.1, 0.15) is 37.8 Å². The van der Waals surface area contributed by atoms with E-state index in [4.69, 9.17) is 23.2 Å². The summed E-state index contributed by atoms with van der Waals surface area (Å²) in [7, 11) is 0. The third-order valence-electron chi connectivity index (χ3n) is 3.24. The summed E-state index contributed by atoms with van der Waals surface area (Å²) in [6, 6.07) is 17.3. The highest BCUT2D eigenvalue weighted by Gasteiger charge is 2.19. The second-order valence-electron chi connectivity index (χ2n) is 5.27. The van der Waals surface area contributed by atoms with Crippen molar-refractivity contribution in [3.05, 3.63) is 82.9 Å². The van der Waals surface area contributed by atoms with Crippen molar-refractivity contribution in [2.45, 2.75) is 32.2 Å². The number of hydrogen-bond acceptors (Lipinski definition) is 1. The van der Waals surface area contributed by atoms with E-state index in [9.17, 15) is 4.79 Å². The summed E-state index contributed by atoms with van der Waals surface area (Å²) in [4.78, 5) is 11.2. The monoisotopic (exact) mass is 363 g/mol. The van der Waals surface area contributed by atoms with Crippen molar-refractivity contribution in [3.8, 4) is 0 Å². The van der Waals surface area contributed by atoms with Crippen molar-refractivity contribution < 1.29 is 4.79 Å². The van der Waals surface area contributed by atoms with Crippen molar-refractivity contribution >= 4 is 29.1 Å². The zero-order valence-electron chi connectivity index (χ0n) is 13.8. The van der Waals surface area contributed by atoms with Gasteiger partial charge in [-0.15, -0.1) is 6.58 Å². The number of halogens is 2. The lowest BCUT2D eigenvalue weighted by Crippen LogP contribution is -2.32. The molecular formula is C20H23Cl2NO. The Morgan fingerprint density at radius 2 is 1.58 bits per heavy atom. The van der Waals surface area contributed by atoms with E-state index in [0.29, 0.717) is 6.42 Å². The summed E-state index contributed by atoms with van der Waals surface area (Å²) in [5.74, 6) is 0.149. The topological polar surface area (TPSA) is 29.1 Å². The van der Waals surface area contributed by atoms with Crippen LogP contribution in [0.25, 0.3) is 0 Å². The first-order valence-electron chi connectivity index (χ1n) is 7.89. The molecule has 1 atom stereocenters. The Kier molecular flexibility index (Phi) is 9.90. The van der Waals surface area contributed by atoms with E-state index in [2.05, 4.69) is 11.9 Å². The molecule has 1 fully saturated rings. The molecular weight excluding hydrogens is 341 g/mol. The van der Waals surface area contributed by atoms with Crippen molar-refractivity contribution in [2.24, 2.45) is 0 Å². The number of piperidine rings is 1. The van der Waals surface area contributed by atoms with Gasteiger partial charge in [-0.2, -0.15) is 0 Å². The molecule has 2 aromatic carbocycles. The van der Waals surface area contributed by atoms with Gasteiger partial charge in [0.05, 0.1) is 6.04 Å². The van der Waals surface area contributed by atoms with Crippen LogP contribution in [-0.2, 0) is 4.79 Å². The molecule has 1 amide bonds. The molecule has 0 aliphatic carbocycles. The largest absolute Gasteiger partial charge is 0.349 e. The standard InChI is InChI=1S/C11H12ClNO.C6H5Cl.C3H6/c12-9-6-4-8(5-7-9)10-2-1-3-11(14)13-10;7-6-4-2-1-3-5-6;1-3-2/h4-7,10H,1-3H2,(H,13,14);1-5H;3H,1H2,2H3. The maximum Gasteiger partial charge on any atom is 0.220 e. The van der Waals surface area contributed by atoms with E-state index in [1.807, 2.05) is 61.5 Å². The van der Waals surface area contributed by atoms with Gasteiger partial charge >= 0.3 is 0 Å². The lowest BCUT2D eigenvalue weighted by molar-refractivity contribution is -0.123. The fourth-order valence-corrected chi connectivity index (χ4v) is 2.44.